The Bertz CT molecular complexity index is 603. The molecule has 3 N–H and O–H groups in total. The standard InChI is InChI=1S/C20H29N3/c1-19(2)18(14-17(23-19)15-8-6-5-7-9-15)20(22-4)12-10-16(21-3)11-13-20/h5-12,17-18,21-23H,13-14H2,1-4H3/t17-,18+,20?/m1/s1. The first kappa shape index (κ1) is 16.3. The zero-order valence-electron chi connectivity index (χ0n) is 14.7. The molecular formula is C20H29N3. The molecule has 23 heavy (non-hydrogen) atoms. The van der Waals surface area contributed by atoms with Crippen LogP contribution in [0.3, 0.4) is 0 Å². The smallest absolute Gasteiger partial charge is 0.0448 e. The molecule has 3 atom stereocenters. The monoisotopic (exact) mass is 311 g/mol. The number of nitrogens with one attached hydrogen (secondary N) is 3. The van der Waals surface area contributed by atoms with Gasteiger partial charge in [-0.25, -0.2) is 0 Å². The van der Waals surface area contributed by atoms with Crippen LogP contribution in [0.5, 0.6) is 0 Å². The quantitative estimate of drug-likeness (QED) is 0.799. The lowest BCUT2D eigenvalue weighted by Crippen LogP contribution is -2.56. The van der Waals surface area contributed by atoms with E-state index in [0.717, 1.165) is 12.8 Å². The average Bonchev–Trinajstić information content (AvgIpc) is 2.92. The number of benzene rings is 1. The lowest BCUT2D eigenvalue weighted by atomic mass is 9.69. The van der Waals surface area contributed by atoms with Crippen molar-refractivity contribution in [2.45, 2.75) is 43.8 Å². The van der Waals surface area contributed by atoms with Crippen molar-refractivity contribution in [3.05, 3.63) is 59.8 Å². The van der Waals surface area contributed by atoms with Crippen LogP contribution in [0.2, 0.25) is 0 Å². The molecule has 0 saturated carbocycles. The highest BCUT2D eigenvalue weighted by Crippen LogP contribution is 2.46. The van der Waals surface area contributed by atoms with Crippen molar-refractivity contribution < 1.29 is 0 Å². The van der Waals surface area contributed by atoms with E-state index in [9.17, 15) is 0 Å². The van der Waals surface area contributed by atoms with Crippen LogP contribution >= 0.6 is 0 Å². The molecule has 124 valence electrons. The van der Waals surface area contributed by atoms with Crippen LogP contribution in [0.15, 0.2) is 54.3 Å². The van der Waals surface area contributed by atoms with Crippen molar-refractivity contribution >= 4 is 0 Å². The van der Waals surface area contributed by atoms with Crippen molar-refractivity contribution in [2.75, 3.05) is 14.1 Å². The van der Waals surface area contributed by atoms with E-state index in [1.807, 2.05) is 7.05 Å². The molecule has 1 heterocycles. The van der Waals surface area contributed by atoms with Crippen LogP contribution in [-0.2, 0) is 0 Å². The number of rotatable bonds is 4. The summed E-state index contributed by atoms with van der Waals surface area (Å²) in [6.45, 7) is 4.68. The molecule has 3 heteroatoms. The highest BCUT2D eigenvalue weighted by molar-refractivity contribution is 5.32. The predicted molar refractivity (Wildman–Crippen MR) is 97.2 cm³/mol. The maximum Gasteiger partial charge on any atom is 0.0448 e. The predicted octanol–water partition coefficient (Wildman–Crippen LogP) is 3.14. The summed E-state index contributed by atoms with van der Waals surface area (Å²) in [6.07, 6.45) is 9.05. The summed E-state index contributed by atoms with van der Waals surface area (Å²) in [7, 11) is 4.07. The van der Waals surface area contributed by atoms with Crippen molar-refractivity contribution in [2.24, 2.45) is 5.92 Å². The summed E-state index contributed by atoms with van der Waals surface area (Å²) >= 11 is 0. The molecule has 0 radical (unpaired) electrons. The molecule has 1 aliphatic heterocycles. The second-order valence-corrected chi connectivity index (χ2v) is 7.35. The molecule has 1 aliphatic carbocycles. The van der Waals surface area contributed by atoms with E-state index in [1.165, 1.54) is 11.3 Å². The number of allylic oxidation sites excluding steroid dienone is 1. The zero-order chi connectivity index (χ0) is 16.5. The molecule has 1 unspecified atom stereocenters. The molecule has 0 amide bonds. The molecular weight excluding hydrogens is 282 g/mol. The fraction of sp³-hybridized carbons (Fsp3) is 0.500. The van der Waals surface area contributed by atoms with Crippen molar-refractivity contribution in [1.82, 2.24) is 16.0 Å². The SMILES string of the molecule is CNC1=CCC(NC)([C@H]2C[C@H](c3ccccc3)NC2(C)C)C=C1. The maximum atomic E-state index is 3.87. The normalized spacial score (nSPS) is 32.6. The van der Waals surface area contributed by atoms with Gasteiger partial charge in [0.2, 0.25) is 0 Å². The van der Waals surface area contributed by atoms with Gasteiger partial charge in [0.25, 0.3) is 0 Å². The number of likely N-dealkylation sites (N-methyl/N-ethyl adjacent to an activating group) is 2. The lowest BCUT2D eigenvalue weighted by molar-refractivity contribution is 0.201. The van der Waals surface area contributed by atoms with Gasteiger partial charge in [0, 0.05) is 35.8 Å². The van der Waals surface area contributed by atoms with Gasteiger partial charge in [0.05, 0.1) is 0 Å². The Kier molecular flexibility index (Phi) is 4.35. The second kappa shape index (κ2) is 6.14. The van der Waals surface area contributed by atoms with Crippen LogP contribution < -0.4 is 16.0 Å². The van der Waals surface area contributed by atoms with Crippen LogP contribution in [0.1, 0.15) is 38.3 Å². The highest BCUT2D eigenvalue weighted by Gasteiger charge is 2.50. The molecule has 0 spiro atoms. The van der Waals surface area contributed by atoms with Gasteiger partial charge < -0.3 is 16.0 Å². The van der Waals surface area contributed by atoms with Gasteiger partial charge in [0.1, 0.15) is 0 Å². The third-order valence-electron chi connectivity index (χ3n) is 5.69. The minimum Gasteiger partial charge on any atom is -0.388 e. The van der Waals surface area contributed by atoms with Gasteiger partial charge in [-0.3, -0.25) is 0 Å². The van der Waals surface area contributed by atoms with Gasteiger partial charge in [-0.2, -0.15) is 0 Å². The molecule has 1 saturated heterocycles. The van der Waals surface area contributed by atoms with E-state index >= 15 is 0 Å². The largest absolute Gasteiger partial charge is 0.388 e. The van der Waals surface area contributed by atoms with E-state index in [-0.39, 0.29) is 11.1 Å². The fourth-order valence-corrected chi connectivity index (χ4v) is 4.35. The van der Waals surface area contributed by atoms with Gasteiger partial charge in [0.15, 0.2) is 0 Å². The summed E-state index contributed by atoms with van der Waals surface area (Å²) in [5.41, 5.74) is 2.69. The van der Waals surface area contributed by atoms with Crippen molar-refractivity contribution in [3.63, 3.8) is 0 Å². The van der Waals surface area contributed by atoms with E-state index in [2.05, 4.69) is 85.4 Å². The Balaban J connectivity index is 1.87. The summed E-state index contributed by atoms with van der Waals surface area (Å²) < 4.78 is 0. The van der Waals surface area contributed by atoms with Gasteiger partial charge in [-0.1, -0.05) is 42.5 Å². The van der Waals surface area contributed by atoms with E-state index in [0.29, 0.717) is 12.0 Å². The van der Waals surface area contributed by atoms with Gasteiger partial charge >= 0.3 is 0 Å². The molecule has 3 nitrogen and oxygen atoms in total. The lowest BCUT2D eigenvalue weighted by Gasteiger charge is -2.44. The van der Waals surface area contributed by atoms with Crippen molar-refractivity contribution in [1.29, 1.82) is 0 Å². The molecule has 0 bridgehead atoms. The topological polar surface area (TPSA) is 36.1 Å². The van der Waals surface area contributed by atoms with Crippen molar-refractivity contribution in [3.8, 4) is 0 Å². The minimum atomic E-state index is 0.0143. The molecule has 1 aromatic rings. The first-order valence-electron chi connectivity index (χ1n) is 8.59. The third-order valence-corrected chi connectivity index (χ3v) is 5.69. The van der Waals surface area contributed by atoms with Crippen LogP contribution in [0.25, 0.3) is 0 Å². The third kappa shape index (κ3) is 2.96. The summed E-state index contributed by atoms with van der Waals surface area (Å²) in [6, 6.07) is 11.2. The Morgan fingerprint density at radius 1 is 1.13 bits per heavy atom. The Labute approximate surface area is 140 Å². The average molecular weight is 311 g/mol. The zero-order valence-corrected chi connectivity index (χ0v) is 14.7. The fourth-order valence-electron chi connectivity index (χ4n) is 4.35. The van der Waals surface area contributed by atoms with E-state index < -0.39 is 0 Å². The maximum absolute atomic E-state index is 3.87. The molecule has 3 rings (SSSR count). The second-order valence-electron chi connectivity index (χ2n) is 7.35. The Morgan fingerprint density at radius 3 is 2.43 bits per heavy atom. The highest BCUT2D eigenvalue weighted by atomic mass is 15.1. The van der Waals surface area contributed by atoms with E-state index in [4.69, 9.17) is 0 Å². The summed E-state index contributed by atoms with van der Waals surface area (Å²) in [4.78, 5) is 0. The summed E-state index contributed by atoms with van der Waals surface area (Å²) in [5.74, 6) is 0.524. The van der Waals surface area contributed by atoms with Crippen LogP contribution in [-0.4, -0.2) is 25.2 Å². The van der Waals surface area contributed by atoms with Gasteiger partial charge in [-0.05, 0) is 45.4 Å². The first-order valence-corrected chi connectivity index (χ1v) is 8.59. The molecule has 1 aromatic carbocycles. The van der Waals surface area contributed by atoms with Crippen LogP contribution in [0, 0.1) is 5.92 Å². The van der Waals surface area contributed by atoms with Gasteiger partial charge in [-0.15, -0.1) is 0 Å². The molecule has 2 aliphatic rings. The molecule has 1 fully saturated rings. The van der Waals surface area contributed by atoms with E-state index in [1.54, 1.807) is 0 Å². The molecule has 0 aromatic heterocycles. The summed E-state index contributed by atoms with van der Waals surface area (Å²) in [5, 5.41) is 10.7. The van der Waals surface area contributed by atoms with Crippen LogP contribution in [0.4, 0.5) is 0 Å². The number of hydrogen-bond donors (Lipinski definition) is 3. The number of hydrogen-bond acceptors (Lipinski definition) is 3. The minimum absolute atomic E-state index is 0.0143. The Morgan fingerprint density at radius 2 is 1.87 bits per heavy atom. The Hall–Kier alpha value is -1.58. The first-order chi connectivity index (χ1) is 11.0.